The molecule has 0 fully saturated rings. The summed E-state index contributed by atoms with van der Waals surface area (Å²) < 4.78 is 11.8. The number of carbonyl (C=O) groups excluding carboxylic acids is 1. The molecule has 1 rings (SSSR count). The highest BCUT2D eigenvalue weighted by atomic mass is 19.1. The molecular weight excluding hydrogens is 185 g/mol. The van der Waals surface area contributed by atoms with E-state index >= 15 is 0 Å². The van der Waals surface area contributed by atoms with Crippen molar-refractivity contribution in [2.45, 2.75) is 0 Å². The highest BCUT2D eigenvalue weighted by Crippen LogP contribution is 2.19. The average Bonchev–Trinajstić information content (AvgIpc) is 2.15. The van der Waals surface area contributed by atoms with Crippen LogP contribution in [0.15, 0.2) is 18.2 Å². The van der Waals surface area contributed by atoms with Crippen LogP contribution in [0.2, 0.25) is 0 Å². The number of hydrogen-bond donors (Lipinski definition) is 3. The smallest absolute Gasteiger partial charge is 0.248 e. The molecule has 0 radical (unpaired) electrons. The van der Waals surface area contributed by atoms with Crippen LogP contribution in [-0.4, -0.2) is 19.1 Å². The summed E-state index contributed by atoms with van der Waals surface area (Å²) >= 11 is 0. The van der Waals surface area contributed by atoms with Gasteiger partial charge in [0.1, 0.15) is 6.67 Å². The Balaban J connectivity index is 2.84. The number of nitrogen functional groups attached to an aromatic ring is 1. The zero-order valence-electron chi connectivity index (χ0n) is 7.59. The van der Waals surface area contributed by atoms with Gasteiger partial charge < -0.3 is 16.8 Å². The molecule has 1 amide bonds. The van der Waals surface area contributed by atoms with Crippen molar-refractivity contribution in [2.24, 2.45) is 5.73 Å². The van der Waals surface area contributed by atoms with E-state index in [4.69, 9.17) is 11.5 Å². The SMILES string of the molecule is NC(=O)c1ccc(NCCF)c(N)c1. The average molecular weight is 197 g/mol. The molecule has 1 aromatic rings. The van der Waals surface area contributed by atoms with E-state index in [0.29, 0.717) is 16.9 Å². The number of rotatable bonds is 4. The lowest BCUT2D eigenvalue weighted by Crippen LogP contribution is -2.12. The standard InChI is InChI=1S/C9H12FN3O/c10-3-4-13-8-2-1-6(9(12)14)5-7(8)11/h1-2,5,13H,3-4,11H2,(H2,12,14). The van der Waals surface area contributed by atoms with Crippen molar-refractivity contribution >= 4 is 17.3 Å². The van der Waals surface area contributed by atoms with Crippen molar-refractivity contribution < 1.29 is 9.18 Å². The highest BCUT2D eigenvalue weighted by Gasteiger charge is 2.03. The maximum absolute atomic E-state index is 11.8. The number of anilines is 2. The molecule has 4 nitrogen and oxygen atoms in total. The van der Waals surface area contributed by atoms with E-state index in [1.807, 2.05) is 0 Å². The van der Waals surface area contributed by atoms with Crippen LogP contribution in [0.1, 0.15) is 10.4 Å². The fourth-order valence-electron chi connectivity index (χ4n) is 1.06. The Morgan fingerprint density at radius 3 is 2.71 bits per heavy atom. The van der Waals surface area contributed by atoms with E-state index in [2.05, 4.69) is 5.32 Å². The van der Waals surface area contributed by atoms with Crippen LogP contribution >= 0.6 is 0 Å². The van der Waals surface area contributed by atoms with Gasteiger partial charge in [0.15, 0.2) is 0 Å². The Morgan fingerprint density at radius 1 is 1.50 bits per heavy atom. The first-order valence-corrected chi connectivity index (χ1v) is 4.14. The number of amides is 1. The van der Waals surface area contributed by atoms with Crippen LogP contribution in [0.5, 0.6) is 0 Å². The Morgan fingerprint density at radius 2 is 2.21 bits per heavy atom. The molecule has 0 spiro atoms. The molecule has 0 aliphatic carbocycles. The van der Waals surface area contributed by atoms with E-state index in [1.54, 1.807) is 12.1 Å². The second-order valence-corrected chi connectivity index (χ2v) is 2.78. The molecule has 0 heterocycles. The van der Waals surface area contributed by atoms with Gasteiger partial charge in [-0.1, -0.05) is 0 Å². The molecule has 1 aromatic carbocycles. The Labute approximate surface area is 81.1 Å². The van der Waals surface area contributed by atoms with Gasteiger partial charge in [-0.05, 0) is 18.2 Å². The topological polar surface area (TPSA) is 81.1 Å². The molecule has 0 aliphatic rings. The number of hydrogen-bond acceptors (Lipinski definition) is 3. The van der Waals surface area contributed by atoms with Crippen LogP contribution < -0.4 is 16.8 Å². The Kier molecular flexibility index (Phi) is 3.28. The molecular formula is C9H12FN3O. The van der Waals surface area contributed by atoms with Crippen LogP contribution in [0.3, 0.4) is 0 Å². The third kappa shape index (κ3) is 2.35. The monoisotopic (exact) mass is 197 g/mol. The van der Waals surface area contributed by atoms with Crippen molar-refractivity contribution in [3.05, 3.63) is 23.8 Å². The maximum atomic E-state index is 11.8. The first-order chi connectivity index (χ1) is 6.65. The largest absolute Gasteiger partial charge is 0.397 e. The van der Waals surface area contributed by atoms with E-state index in [9.17, 15) is 9.18 Å². The van der Waals surface area contributed by atoms with Gasteiger partial charge in [0.05, 0.1) is 11.4 Å². The van der Waals surface area contributed by atoms with Gasteiger partial charge in [-0.3, -0.25) is 4.79 Å². The lowest BCUT2D eigenvalue weighted by atomic mass is 10.1. The number of carbonyl (C=O) groups is 1. The summed E-state index contributed by atoms with van der Waals surface area (Å²) in [4.78, 5) is 10.8. The number of nitrogens with one attached hydrogen (secondary N) is 1. The summed E-state index contributed by atoms with van der Waals surface area (Å²) in [5.41, 5.74) is 12.0. The number of benzene rings is 1. The van der Waals surface area contributed by atoms with Gasteiger partial charge in [-0.25, -0.2) is 4.39 Å². The van der Waals surface area contributed by atoms with Gasteiger partial charge in [0, 0.05) is 12.1 Å². The van der Waals surface area contributed by atoms with Crippen molar-refractivity contribution in [1.82, 2.24) is 0 Å². The maximum Gasteiger partial charge on any atom is 0.248 e. The summed E-state index contributed by atoms with van der Waals surface area (Å²) in [7, 11) is 0. The zero-order chi connectivity index (χ0) is 10.6. The van der Waals surface area contributed by atoms with Gasteiger partial charge in [0.2, 0.25) is 5.91 Å². The fraction of sp³-hybridized carbons (Fsp3) is 0.222. The molecule has 5 N–H and O–H groups in total. The summed E-state index contributed by atoms with van der Waals surface area (Å²) in [5, 5.41) is 2.78. The number of primary amides is 1. The molecule has 5 heteroatoms. The van der Waals surface area contributed by atoms with E-state index in [1.165, 1.54) is 6.07 Å². The van der Waals surface area contributed by atoms with Crippen LogP contribution in [-0.2, 0) is 0 Å². The summed E-state index contributed by atoms with van der Waals surface area (Å²) in [6.45, 7) is -0.281. The molecule has 0 saturated carbocycles. The summed E-state index contributed by atoms with van der Waals surface area (Å²) in [6, 6.07) is 4.60. The second-order valence-electron chi connectivity index (χ2n) is 2.78. The third-order valence-electron chi connectivity index (χ3n) is 1.75. The molecule has 0 aliphatic heterocycles. The van der Waals surface area contributed by atoms with Crippen LogP contribution in [0.25, 0.3) is 0 Å². The van der Waals surface area contributed by atoms with E-state index in [-0.39, 0.29) is 6.54 Å². The highest BCUT2D eigenvalue weighted by molar-refractivity contribution is 5.94. The minimum Gasteiger partial charge on any atom is -0.397 e. The lowest BCUT2D eigenvalue weighted by molar-refractivity contribution is 0.100. The predicted octanol–water partition coefficient (Wildman–Crippen LogP) is 0.749. The van der Waals surface area contributed by atoms with E-state index in [0.717, 1.165) is 0 Å². The van der Waals surface area contributed by atoms with E-state index < -0.39 is 12.6 Å². The third-order valence-corrected chi connectivity index (χ3v) is 1.75. The number of halogens is 1. The fourth-order valence-corrected chi connectivity index (χ4v) is 1.06. The number of alkyl halides is 1. The quantitative estimate of drug-likeness (QED) is 0.623. The van der Waals surface area contributed by atoms with Crippen LogP contribution in [0, 0.1) is 0 Å². The van der Waals surface area contributed by atoms with Gasteiger partial charge in [0.25, 0.3) is 0 Å². The van der Waals surface area contributed by atoms with Crippen molar-refractivity contribution in [3.8, 4) is 0 Å². The summed E-state index contributed by atoms with van der Waals surface area (Å²) in [5.74, 6) is -0.534. The zero-order valence-corrected chi connectivity index (χ0v) is 7.59. The minimum absolute atomic E-state index is 0.195. The predicted molar refractivity (Wildman–Crippen MR) is 53.8 cm³/mol. The number of nitrogens with two attached hydrogens (primary N) is 2. The molecule has 0 atom stereocenters. The van der Waals surface area contributed by atoms with Gasteiger partial charge >= 0.3 is 0 Å². The molecule has 0 unspecified atom stereocenters. The van der Waals surface area contributed by atoms with Crippen molar-refractivity contribution in [1.29, 1.82) is 0 Å². The van der Waals surface area contributed by atoms with Crippen LogP contribution in [0.4, 0.5) is 15.8 Å². The van der Waals surface area contributed by atoms with Crippen molar-refractivity contribution in [3.63, 3.8) is 0 Å². The normalized spacial score (nSPS) is 9.79. The molecule has 0 saturated heterocycles. The Bertz CT molecular complexity index is 341. The molecule has 0 aromatic heterocycles. The first-order valence-electron chi connectivity index (χ1n) is 4.14. The molecule has 14 heavy (non-hydrogen) atoms. The summed E-state index contributed by atoms with van der Waals surface area (Å²) in [6.07, 6.45) is 0. The van der Waals surface area contributed by atoms with Gasteiger partial charge in [-0.15, -0.1) is 0 Å². The van der Waals surface area contributed by atoms with Crippen molar-refractivity contribution in [2.75, 3.05) is 24.3 Å². The molecule has 76 valence electrons. The van der Waals surface area contributed by atoms with Gasteiger partial charge in [-0.2, -0.15) is 0 Å². The lowest BCUT2D eigenvalue weighted by Gasteiger charge is -2.07. The Hall–Kier alpha value is -1.78. The minimum atomic E-state index is -0.534. The second kappa shape index (κ2) is 4.45. The molecule has 0 bridgehead atoms. The first kappa shape index (κ1) is 10.3.